The predicted octanol–water partition coefficient (Wildman–Crippen LogP) is 1.58. The van der Waals surface area contributed by atoms with Crippen LogP contribution in [-0.2, 0) is 20.8 Å². The SMILES string of the molecule is CC(C)[C@@H](NC(=O)CCN1C(=O)CCc2ccccc21)C(=O)O. The van der Waals surface area contributed by atoms with Gasteiger partial charge in [0, 0.05) is 25.1 Å². The minimum Gasteiger partial charge on any atom is -0.480 e. The van der Waals surface area contributed by atoms with Gasteiger partial charge in [-0.2, -0.15) is 0 Å². The van der Waals surface area contributed by atoms with Crippen molar-refractivity contribution in [3.8, 4) is 0 Å². The number of para-hydroxylation sites is 1. The minimum absolute atomic E-state index is 0.00450. The summed E-state index contributed by atoms with van der Waals surface area (Å²) < 4.78 is 0. The lowest BCUT2D eigenvalue weighted by Gasteiger charge is -2.29. The highest BCUT2D eigenvalue weighted by atomic mass is 16.4. The van der Waals surface area contributed by atoms with Gasteiger partial charge in [0.15, 0.2) is 0 Å². The van der Waals surface area contributed by atoms with Crippen molar-refractivity contribution in [3.63, 3.8) is 0 Å². The van der Waals surface area contributed by atoms with Gasteiger partial charge in [0.25, 0.3) is 0 Å². The van der Waals surface area contributed by atoms with E-state index >= 15 is 0 Å². The van der Waals surface area contributed by atoms with Crippen molar-refractivity contribution >= 4 is 23.5 Å². The van der Waals surface area contributed by atoms with Crippen molar-refractivity contribution < 1.29 is 19.5 Å². The summed E-state index contributed by atoms with van der Waals surface area (Å²) in [6, 6.07) is 6.74. The monoisotopic (exact) mass is 318 g/mol. The molecule has 0 spiro atoms. The van der Waals surface area contributed by atoms with E-state index in [-0.39, 0.29) is 30.7 Å². The van der Waals surface area contributed by atoms with Crippen molar-refractivity contribution in [2.24, 2.45) is 5.92 Å². The zero-order chi connectivity index (χ0) is 17.0. The van der Waals surface area contributed by atoms with Crippen LogP contribution in [0.1, 0.15) is 32.3 Å². The van der Waals surface area contributed by atoms with Gasteiger partial charge in [-0.1, -0.05) is 32.0 Å². The van der Waals surface area contributed by atoms with Gasteiger partial charge in [-0.15, -0.1) is 0 Å². The number of hydrogen-bond acceptors (Lipinski definition) is 3. The van der Waals surface area contributed by atoms with E-state index in [1.807, 2.05) is 24.3 Å². The average molecular weight is 318 g/mol. The van der Waals surface area contributed by atoms with E-state index in [1.165, 1.54) is 0 Å². The predicted molar refractivity (Wildman–Crippen MR) is 86.1 cm³/mol. The summed E-state index contributed by atoms with van der Waals surface area (Å²) in [7, 11) is 0. The first-order valence-electron chi connectivity index (χ1n) is 7.80. The van der Waals surface area contributed by atoms with Crippen LogP contribution in [0.25, 0.3) is 0 Å². The molecule has 0 saturated carbocycles. The summed E-state index contributed by atoms with van der Waals surface area (Å²) >= 11 is 0. The fourth-order valence-corrected chi connectivity index (χ4v) is 2.71. The average Bonchev–Trinajstić information content (AvgIpc) is 2.51. The highest BCUT2D eigenvalue weighted by Gasteiger charge is 2.26. The fraction of sp³-hybridized carbons (Fsp3) is 0.471. The second-order valence-corrected chi connectivity index (χ2v) is 6.05. The number of carboxylic acid groups (broad SMARTS) is 1. The molecule has 1 aromatic rings. The summed E-state index contributed by atoms with van der Waals surface area (Å²) in [6.07, 6.45) is 1.23. The van der Waals surface area contributed by atoms with E-state index in [9.17, 15) is 14.4 Å². The number of amides is 2. The number of carboxylic acids is 1. The topological polar surface area (TPSA) is 86.7 Å². The fourth-order valence-electron chi connectivity index (χ4n) is 2.71. The second-order valence-electron chi connectivity index (χ2n) is 6.05. The van der Waals surface area contributed by atoms with E-state index in [0.29, 0.717) is 12.8 Å². The third-order valence-electron chi connectivity index (χ3n) is 4.00. The Morgan fingerprint density at radius 3 is 2.61 bits per heavy atom. The lowest BCUT2D eigenvalue weighted by molar-refractivity contribution is -0.143. The molecule has 0 aliphatic carbocycles. The summed E-state index contributed by atoms with van der Waals surface area (Å²) in [5, 5.41) is 11.6. The first kappa shape index (κ1) is 17.0. The molecule has 0 fully saturated rings. The molecular formula is C17H22N2O4. The molecule has 6 nitrogen and oxygen atoms in total. The quantitative estimate of drug-likeness (QED) is 0.834. The molecule has 0 saturated heterocycles. The number of nitrogens with one attached hydrogen (secondary N) is 1. The number of carbonyl (C=O) groups is 3. The van der Waals surface area contributed by atoms with Crippen LogP contribution >= 0.6 is 0 Å². The summed E-state index contributed by atoms with van der Waals surface area (Å²) in [6.45, 7) is 3.74. The lowest BCUT2D eigenvalue weighted by atomic mass is 10.0. The van der Waals surface area contributed by atoms with Crippen molar-refractivity contribution in [2.75, 3.05) is 11.4 Å². The molecule has 1 aliphatic heterocycles. The van der Waals surface area contributed by atoms with E-state index < -0.39 is 12.0 Å². The lowest BCUT2D eigenvalue weighted by Crippen LogP contribution is -2.45. The van der Waals surface area contributed by atoms with Gasteiger partial charge < -0.3 is 15.3 Å². The van der Waals surface area contributed by atoms with Gasteiger partial charge in [0.05, 0.1) is 0 Å². The molecule has 1 aliphatic rings. The smallest absolute Gasteiger partial charge is 0.326 e. The number of anilines is 1. The molecule has 0 aromatic heterocycles. The van der Waals surface area contributed by atoms with Crippen LogP contribution in [0.2, 0.25) is 0 Å². The van der Waals surface area contributed by atoms with Gasteiger partial charge in [0.2, 0.25) is 11.8 Å². The second kappa shape index (κ2) is 7.26. The Hall–Kier alpha value is -2.37. The maximum Gasteiger partial charge on any atom is 0.326 e. The highest BCUT2D eigenvalue weighted by Crippen LogP contribution is 2.27. The van der Waals surface area contributed by atoms with Gasteiger partial charge >= 0.3 is 5.97 Å². The Kier molecular flexibility index (Phi) is 5.36. The number of aliphatic carboxylic acids is 1. The van der Waals surface area contributed by atoms with Crippen LogP contribution in [-0.4, -0.2) is 35.5 Å². The summed E-state index contributed by atoms with van der Waals surface area (Å²) in [5.74, 6) is -1.61. The number of rotatable bonds is 6. The van der Waals surface area contributed by atoms with Crippen LogP contribution in [0.15, 0.2) is 24.3 Å². The Balaban J connectivity index is 1.99. The molecule has 124 valence electrons. The van der Waals surface area contributed by atoms with Gasteiger partial charge in [-0.05, 0) is 24.0 Å². The molecule has 6 heteroatoms. The third-order valence-corrected chi connectivity index (χ3v) is 4.00. The Bertz CT molecular complexity index is 612. The van der Waals surface area contributed by atoms with E-state index in [2.05, 4.69) is 5.32 Å². The molecule has 2 amide bonds. The number of hydrogen-bond donors (Lipinski definition) is 2. The van der Waals surface area contributed by atoms with Crippen molar-refractivity contribution in [1.29, 1.82) is 0 Å². The highest BCUT2D eigenvalue weighted by molar-refractivity contribution is 5.97. The number of aryl methyl sites for hydroxylation is 1. The Labute approximate surface area is 135 Å². The first-order valence-corrected chi connectivity index (χ1v) is 7.80. The largest absolute Gasteiger partial charge is 0.480 e. The molecule has 23 heavy (non-hydrogen) atoms. The molecule has 1 atom stereocenters. The Morgan fingerprint density at radius 1 is 1.26 bits per heavy atom. The molecule has 2 N–H and O–H groups in total. The van der Waals surface area contributed by atoms with Crippen LogP contribution in [0.5, 0.6) is 0 Å². The van der Waals surface area contributed by atoms with Crippen LogP contribution in [0.3, 0.4) is 0 Å². The molecule has 0 radical (unpaired) electrons. The van der Waals surface area contributed by atoms with Crippen molar-refractivity contribution in [2.45, 2.75) is 39.2 Å². The van der Waals surface area contributed by atoms with Gasteiger partial charge in [-0.25, -0.2) is 4.79 Å². The van der Waals surface area contributed by atoms with Gasteiger partial charge in [0.1, 0.15) is 6.04 Å². The zero-order valence-electron chi connectivity index (χ0n) is 13.4. The molecule has 2 rings (SSSR count). The first-order chi connectivity index (χ1) is 10.9. The van der Waals surface area contributed by atoms with Crippen molar-refractivity contribution in [1.82, 2.24) is 5.32 Å². The molecule has 0 unspecified atom stereocenters. The maximum atomic E-state index is 12.1. The Morgan fingerprint density at radius 2 is 1.96 bits per heavy atom. The minimum atomic E-state index is -1.05. The molecular weight excluding hydrogens is 296 g/mol. The van der Waals surface area contributed by atoms with Crippen LogP contribution in [0, 0.1) is 5.92 Å². The third kappa shape index (κ3) is 4.09. The maximum absolute atomic E-state index is 12.1. The van der Waals surface area contributed by atoms with E-state index in [1.54, 1.807) is 18.7 Å². The van der Waals surface area contributed by atoms with E-state index in [4.69, 9.17) is 5.11 Å². The standard InChI is InChI=1S/C17H22N2O4/c1-11(2)16(17(22)23)18-14(20)9-10-19-13-6-4-3-5-12(13)7-8-15(19)21/h3-6,11,16H,7-10H2,1-2H3,(H,18,20)(H,22,23)/t16-/m1/s1. The molecule has 1 aromatic carbocycles. The molecule has 1 heterocycles. The number of nitrogens with zero attached hydrogens (tertiary/aromatic N) is 1. The number of carbonyl (C=O) groups excluding carboxylic acids is 2. The zero-order valence-corrected chi connectivity index (χ0v) is 13.4. The molecule has 0 bridgehead atoms. The van der Waals surface area contributed by atoms with Crippen LogP contribution < -0.4 is 10.2 Å². The summed E-state index contributed by atoms with van der Waals surface area (Å²) in [4.78, 5) is 36.9. The number of fused-ring (bicyclic) bond motifs is 1. The van der Waals surface area contributed by atoms with Crippen LogP contribution in [0.4, 0.5) is 5.69 Å². The van der Waals surface area contributed by atoms with Crippen molar-refractivity contribution in [3.05, 3.63) is 29.8 Å². The number of benzene rings is 1. The van der Waals surface area contributed by atoms with Gasteiger partial charge in [-0.3, -0.25) is 9.59 Å². The summed E-state index contributed by atoms with van der Waals surface area (Å²) in [5.41, 5.74) is 1.94. The van der Waals surface area contributed by atoms with E-state index in [0.717, 1.165) is 11.3 Å². The normalized spacial score (nSPS) is 15.3.